The van der Waals surface area contributed by atoms with E-state index in [1.54, 1.807) is 14.2 Å². The quantitative estimate of drug-likeness (QED) is 0.904. The highest BCUT2D eigenvalue weighted by Gasteiger charge is 2.28. The van der Waals surface area contributed by atoms with Gasteiger partial charge >= 0.3 is 5.97 Å². The Morgan fingerprint density at radius 1 is 1.29 bits per heavy atom. The van der Waals surface area contributed by atoms with Crippen molar-refractivity contribution in [2.45, 2.75) is 25.8 Å². The second-order valence-corrected chi connectivity index (χ2v) is 5.41. The van der Waals surface area contributed by atoms with Crippen molar-refractivity contribution < 1.29 is 19.4 Å². The van der Waals surface area contributed by atoms with Crippen molar-refractivity contribution in [1.29, 1.82) is 0 Å². The standard InChI is InChI=1S/C16H23NO4/c1-11(17-9-7-12(8-10-17)16(18)19)13-5-4-6-14(20-2)15(13)21-3/h4-6,11-12H,7-10H2,1-3H3,(H,18,19). The molecule has 1 atom stereocenters. The minimum Gasteiger partial charge on any atom is -0.493 e. The molecule has 0 spiro atoms. The predicted octanol–water partition coefficient (Wildman–Crippen LogP) is 2.56. The first-order valence-electron chi connectivity index (χ1n) is 7.26. The van der Waals surface area contributed by atoms with Crippen LogP contribution in [0.15, 0.2) is 18.2 Å². The number of rotatable bonds is 5. The smallest absolute Gasteiger partial charge is 0.306 e. The summed E-state index contributed by atoms with van der Waals surface area (Å²) in [4.78, 5) is 13.3. The molecule has 116 valence electrons. The third kappa shape index (κ3) is 3.29. The van der Waals surface area contributed by atoms with Crippen molar-refractivity contribution in [2.24, 2.45) is 5.92 Å². The first kappa shape index (κ1) is 15.6. The maximum Gasteiger partial charge on any atom is 0.306 e. The lowest BCUT2D eigenvalue weighted by Crippen LogP contribution is -2.38. The molecule has 1 fully saturated rings. The van der Waals surface area contributed by atoms with E-state index < -0.39 is 5.97 Å². The van der Waals surface area contributed by atoms with Gasteiger partial charge in [-0.1, -0.05) is 12.1 Å². The Hall–Kier alpha value is -1.75. The van der Waals surface area contributed by atoms with Crippen LogP contribution in [0.5, 0.6) is 11.5 Å². The van der Waals surface area contributed by atoms with Crippen LogP contribution in [-0.2, 0) is 4.79 Å². The van der Waals surface area contributed by atoms with E-state index in [-0.39, 0.29) is 12.0 Å². The molecule has 1 aromatic rings. The van der Waals surface area contributed by atoms with Gasteiger partial charge in [0, 0.05) is 11.6 Å². The molecule has 1 aromatic carbocycles. The minimum atomic E-state index is -0.679. The highest BCUT2D eigenvalue weighted by atomic mass is 16.5. The van der Waals surface area contributed by atoms with Crippen molar-refractivity contribution in [3.8, 4) is 11.5 Å². The van der Waals surface area contributed by atoms with Crippen molar-refractivity contribution in [2.75, 3.05) is 27.3 Å². The summed E-state index contributed by atoms with van der Waals surface area (Å²) in [6.07, 6.45) is 1.40. The maximum atomic E-state index is 11.0. The molecule has 0 saturated carbocycles. The highest BCUT2D eigenvalue weighted by molar-refractivity contribution is 5.70. The number of piperidine rings is 1. The Kier molecular flexibility index (Phi) is 5.07. The van der Waals surface area contributed by atoms with E-state index in [1.807, 2.05) is 18.2 Å². The Labute approximate surface area is 125 Å². The molecule has 0 amide bonds. The van der Waals surface area contributed by atoms with Crippen LogP contribution in [0.2, 0.25) is 0 Å². The molecule has 1 saturated heterocycles. The fourth-order valence-corrected chi connectivity index (χ4v) is 2.97. The molecular formula is C16H23NO4. The molecule has 0 radical (unpaired) electrons. The maximum absolute atomic E-state index is 11.0. The molecule has 1 unspecified atom stereocenters. The number of methoxy groups -OCH3 is 2. The van der Waals surface area contributed by atoms with Gasteiger partial charge in [-0.15, -0.1) is 0 Å². The van der Waals surface area contributed by atoms with Crippen molar-refractivity contribution in [1.82, 2.24) is 4.90 Å². The molecule has 0 aromatic heterocycles. The summed E-state index contributed by atoms with van der Waals surface area (Å²) < 4.78 is 10.8. The summed E-state index contributed by atoms with van der Waals surface area (Å²) >= 11 is 0. The van der Waals surface area contributed by atoms with Crippen LogP contribution in [-0.4, -0.2) is 43.3 Å². The molecular weight excluding hydrogens is 270 g/mol. The molecule has 1 aliphatic heterocycles. The summed E-state index contributed by atoms with van der Waals surface area (Å²) in [7, 11) is 3.27. The van der Waals surface area contributed by atoms with E-state index in [9.17, 15) is 4.79 Å². The molecule has 1 N–H and O–H groups in total. The molecule has 0 aliphatic carbocycles. The number of carbonyl (C=O) groups is 1. The number of hydrogen-bond acceptors (Lipinski definition) is 4. The zero-order valence-corrected chi connectivity index (χ0v) is 12.8. The average molecular weight is 293 g/mol. The number of carboxylic acids is 1. The highest BCUT2D eigenvalue weighted by Crippen LogP contribution is 2.37. The van der Waals surface area contributed by atoms with Gasteiger partial charge in [0.1, 0.15) is 0 Å². The number of ether oxygens (including phenoxy) is 2. The lowest BCUT2D eigenvalue weighted by molar-refractivity contribution is -0.143. The Balaban J connectivity index is 2.14. The summed E-state index contributed by atoms with van der Waals surface area (Å²) in [6.45, 7) is 3.70. The Morgan fingerprint density at radius 2 is 1.95 bits per heavy atom. The normalized spacial score (nSPS) is 18.2. The second-order valence-electron chi connectivity index (χ2n) is 5.41. The monoisotopic (exact) mass is 293 g/mol. The Morgan fingerprint density at radius 3 is 2.48 bits per heavy atom. The number of hydrogen-bond donors (Lipinski definition) is 1. The van der Waals surface area contributed by atoms with Gasteiger partial charge in [0.15, 0.2) is 11.5 Å². The van der Waals surface area contributed by atoms with Gasteiger partial charge in [-0.25, -0.2) is 0 Å². The fraction of sp³-hybridized carbons (Fsp3) is 0.562. The van der Waals surface area contributed by atoms with E-state index >= 15 is 0 Å². The summed E-state index contributed by atoms with van der Waals surface area (Å²) in [5, 5.41) is 9.08. The Bertz CT molecular complexity index is 495. The van der Waals surface area contributed by atoms with Gasteiger partial charge in [0.2, 0.25) is 0 Å². The number of aliphatic carboxylic acids is 1. The third-order valence-corrected chi connectivity index (χ3v) is 4.31. The average Bonchev–Trinajstić information content (AvgIpc) is 2.53. The molecule has 5 nitrogen and oxygen atoms in total. The molecule has 5 heteroatoms. The third-order valence-electron chi connectivity index (χ3n) is 4.31. The summed E-state index contributed by atoms with van der Waals surface area (Å²) in [6, 6.07) is 6.04. The second kappa shape index (κ2) is 6.80. The molecule has 0 bridgehead atoms. The fourth-order valence-electron chi connectivity index (χ4n) is 2.97. The molecule has 1 aliphatic rings. The van der Waals surface area contributed by atoms with Crippen LogP contribution in [0.3, 0.4) is 0 Å². The van der Waals surface area contributed by atoms with Crippen LogP contribution in [0, 0.1) is 5.92 Å². The molecule has 2 rings (SSSR count). The summed E-state index contributed by atoms with van der Waals surface area (Å²) in [5.41, 5.74) is 1.07. The van der Waals surface area contributed by atoms with Crippen molar-refractivity contribution in [3.05, 3.63) is 23.8 Å². The summed E-state index contributed by atoms with van der Waals surface area (Å²) in [5.74, 6) is 0.594. The molecule has 21 heavy (non-hydrogen) atoms. The van der Waals surface area contributed by atoms with Gasteiger partial charge in [-0.05, 0) is 38.9 Å². The van der Waals surface area contributed by atoms with E-state index in [0.717, 1.165) is 30.2 Å². The predicted molar refractivity (Wildman–Crippen MR) is 79.9 cm³/mol. The lowest BCUT2D eigenvalue weighted by atomic mass is 9.94. The lowest BCUT2D eigenvalue weighted by Gasteiger charge is -2.35. The van der Waals surface area contributed by atoms with Gasteiger partial charge < -0.3 is 14.6 Å². The van der Waals surface area contributed by atoms with Crippen LogP contribution in [0.1, 0.15) is 31.4 Å². The van der Waals surface area contributed by atoms with Crippen LogP contribution < -0.4 is 9.47 Å². The van der Waals surface area contributed by atoms with E-state index in [2.05, 4.69) is 11.8 Å². The zero-order chi connectivity index (χ0) is 15.4. The van der Waals surface area contributed by atoms with Crippen LogP contribution in [0.25, 0.3) is 0 Å². The van der Waals surface area contributed by atoms with Gasteiger partial charge in [0.25, 0.3) is 0 Å². The van der Waals surface area contributed by atoms with E-state index in [0.29, 0.717) is 12.8 Å². The van der Waals surface area contributed by atoms with Crippen molar-refractivity contribution >= 4 is 5.97 Å². The minimum absolute atomic E-state index is 0.171. The van der Waals surface area contributed by atoms with Crippen molar-refractivity contribution in [3.63, 3.8) is 0 Å². The van der Waals surface area contributed by atoms with Gasteiger partial charge in [-0.2, -0.15) is 0 Å². The number of nitrogens with zero attached hydrogens (tertiary/aromatic N) is 1. The topological polar surface area (TPSA) is 59.0 Å². The number of likely N-dealkylation sites (tertiary alicyclic amines) is 1. The SMILES string of the molecule is COc1cccc(C(C)N2CCC(C(=O)O)CC2)c1OC. The zero-order valence-electron chi connectivity index (χ0n) is 12.8. The van der Waals surface area contributed by atoms with Crippen LogP contribution in [0.4, 0.5) is 0 Å². The van der Waals surface area contributed by atoms with Crippen LogP contribution >= 0.6 is 0 Å². The van der Waals surface area contributed by atoms with Gasteiger partial charge in [0.05, 0.1) is 20.1 Å². The largest absolute Gasteiger partial charge is 0.493 e. The first-order valence-corrected chi connectivity index (χ1v) is 7.26. The van der Waals surface area contributed by atoms with Gasteiger partial charge in [-0.3, -0.25) is 9.69 Å². The molecule has 1 heterocycles. The number of para-hydroxylation sites is 1. The first-order chi connectivity index (χ1) is 10.1. The van der Waals surface area contributed by atoms with E-state index in [1.165, 1.54) is 0 Å². The number of benzene rings is 1. The number of carboxylic acid groups (broad SMARTS) is 1. The van der Waals surface area contributed by atoms with E-state index in [4.69, 9.17) is 14.6 Å².